The molecular weight excluding hydrogens is 272 g/mol. The molecule has 3 aliphatic rings. The van der Waals surface area contributed by atoms with Crippen LogP contribution < -0.4 is 10.2 Å². The lowest BCUT2D eigenvalue weighted by Crippen LogP contribution is -2.23. The van der Waals surface area contributed by atoms with Crippen LogP contribution in [-0.2, 0) is 4.79 Å². The number of fused-ring (bicyclic) bond motifs is 2. The zero-order chi connectivity index (χ0) is 14.9. The van der Waals surface area contributed by atoms with E-state index in [1.54, 1.807) is 0 Å². The molecule has 2 saturated carbocycles. The fourth-order valence-electron chi connectivity index (χ4n) is 4.88. The van der Waals surface area contributed by atoms with Crippen molar-refractivity contribution in [2.75, 3.05) is 23.3 Å². The fourth-order valence-corrected chi connectivity index (χ4v) is 4.88. The summed E-state index contributed by atoms with van der Waals surface area (Å²) >= 11 is 0. The summed E-state index contributed by atoms with van der Waals surface area (Å²) in [5, 5.41) is 3.19. The van der Waals surface area contributed by atoms with Crippen molar-refractivity contribution in [2.45, 2.75) is 44.9 Å². The van der Waals surface area contributed by atoms with E-state index < -0.39 is 0 Å². The van der Waals surface area contributed by atoms with Gasteiger partial charge in [0.25, 0.3) is 0 Å². The van der Waals surface area contributed by atoms with E-state index in [9.17, 15) is 4.79 Å². The first-order valence-corrected chi connectivity index (χ1v) is 8.93. The van der Waals surface area contributed by atoms with Gasteiger partial charge in [0.2, 0.25) is 5.91 Å². The van der Waals surface area contributed by atoms with Gasteiger partial charge in [0, 0.05) is 19.5 Å². The molecule has 2 aliphatic carbocycles. The first kappa shape index (κ1) is 14.1. The van der Waals surface area contributed by atoms with Gasteiger partial charge in [0.15, 0.2) is 0 Å². The lowest BCUT2D eigenvalue weighted by molar-refractivity contribution is -0.117. The number of rotatable bonds is 4. The van der Waals surface area contributed by atoms with Gasteiger partial charge in [-0.05, 0) is 62.0 Å². The van der Waals surface area contributed by atoms with E-state index in [0.29, 0.717) is 5.92 Å². The van der Waals surface area contributed by atoms with E-state index in [1.165, 1.54) is 44.2 Å². The maximum absolute atomic E-state index is 12.5. The van der Waals surface area contributed by atoms with Crippen molar-refractivity contribution >= 4 is 17.3 Å². The van der Waals surface area contributed by atoms with Gasteiger partial charge in [0.05, 0.1) is 11.4 Å². The summed E-state index contributed by atoms with van der Waals surface area (Å²) in [6, 6.07) is 8.27. The second kappa shape index (κ2) is 5.94. The maximum Gasteiger partial charge on any atom is 0.224 e. The third-order valence-electron chi connectivity index (χ3n) is 5.96. The molecule has 0 unspecified atom stereocenters. The van der Waals surface area contributed by atoms with E-state index in [4.69, 9.17) is 0 Å². The smallest absolute Gasteiger partial charge is 0.224 e. The van der Waals surface area contributed by atoms with Crippen molar-refractivity contribution in [3.8, 4) is 0 Å². The minimum atomic E-state index is 0.212. The minimum Gasteiger partial charge on any atom is -0.370 e. The molecule has 22 heavy (non-hydrogen) atoms. The number of hydrogen-bond acceptors (Lipinski definition) is 2. The highest BCUT2D eigenvalue weighted by Crippen LogP contribution is 2.49. The summed E-state index contributed by atoms with van der Waals surface area (Å²) in [5.41, 5.74) is 2.19. The van der Waals surface area contributed by atoms with Crippen LogP contribution in [0.5, 0.6) is 0 Å². The van der Waals surface area contributed by atoms with Gasteiger partial charge in [-0.1, -0.05) is 18.6 Å². The average Bonchev–Trinajstić information content (AvgIpc) is 3.25. The molecule has 3 fully saturated rings. The Labute approximate surface area is 133 Å². The van der Waals surface area contributed by atoms with Gasteiger partial charge >= 0.3 is 0 Å². The number of para-hydroxylation sites is 2. The van der Waals surface area contributed by atoms with E-state index in [2.05, 4.69) is 22.3 Å². The highest BCUT2D eigenvalue weighted by molar-refractivity contribution is 5.94. The summed E-state index contributed by atoms with van der Waals surface area (Å²) in [5.74, 6) is 2.59. The number of anilines is 2. The summed E-state index contributed by atoms with van der Waals surface area (Å²) in [4.78, 5) is 14.9. The van der Waals surface area contributed by atoms with Crippen LogP contribution in [0.15, 0.2) is 24.3 Å². The highest BCUT2D eigenvalue weighted by atomic mass is 16.1. The van der Waals surface area contributed by atoms with Crippen molar-refractivity contribution in [3.63, 3.8) is 0 Å². The lowest BCUT2D eigenvalue weighted by Gasteiger charge is -2.23. The molecule has 1 saturated heterocycles. The highest BCUT2D eigenvalue weighted by Gasteiger charge is 2.40. The fraction of sp³-hybridized carbons (Fsp3) is 0.632. The molecule has 4 rings (SSSR count). The molecule has 3 heteroatoms. The standard InChI is InChI=1S/C19H26N2O/c22-19(13-16-12-14-7-8-15(16)11-14)20-17-5-1-2-6-18(17)21-9-3-4-10-21/h1-2,5-6,14-16H,3-4,7-13H2,(H,20,22)/t14-,15-,16-/m0/s1. The molecule has 0 radical (unpaired) electrons. The van der Waals surface area contributed by atoms with Crippen LogP contribution in [0.25, 0.3) is 0 Å². The van der Waals surface area contributed by atoms with Gasteiger partial charge in [0.1, 0.15) is 0 Å². The molecule has 3 nitrogen and oxygen atoms in total. The zero-order valence-corrected chi connectivity index (χ0v) is 13.3. The van der Waals surface area contributed by atoms with E-state index in [0.717, 1.165) is 37.0 Å². The number of benzene rings is 1. The molecule has 0 aromatic heterocycles. The van der Waals surface area contributed by atoms with Crippen LogP contribution in [0.4, 0.5) is 11.4 Å². The van der Waals surface area contributed by atoms with Crippen molar-refractivity contribution in [3.05, 3.63) is 24.3 Å². The molecule has 3 atom stereocenters. The largest absolute Gasteiger partial charge is 0.370 e. The SMILES string of the molecule is O=C(C[C@@H]1C[C@H]2CC[C@H]1C2)Nc1ccccc1N1CCCC1. The normalized spacial score (nSPS) is 30.0. The Morgan fingerprint density at radius 3 is 2.68 bits per heavy atom. The zero-order valence-electron chi connectivity index (χ0n) is 13.3. The summed E-state index contributed by atoms with van der Waals surface area (Å²) in [6.45, 7) is 2.22. The quantitative estimate of drug-likeness (QED) is 0.909. The second-order valence-electron chi connectivity index (χ2n) is 7.40. The number of carbonyl (C=O) groups excluding carboxylic acids is 1. The molecule has 1 aliphatic heterocycles. The van der Waals surface area contributed by atoms with Gasteiger partial charge in [-0.15, -0.1) is 0 Å². The van der Waals surface area contributed by atoms with E-state index in [-0.39, 0.29) is 5.91 Å². The van der Waals surface area contributed by atoms with Crippen LogP contribution in [0.3, 0.4) is 0 Å². The number of hydrogen-bond donors (Lipinski definition) is 1. The summed E-state index contributed by atoms with van der Waals surface area (Å²) in [6.07, 6.45) is 8.65. The molecule has 2 bridgehead atoms. The third-order valence-corrected chi connectivity index (χ3v) is 5.96. The second-order valence-corrected chi connectivity index (χ2v) is 7.40. The Kier molecular flexibility index (Phi) is 3.81. The van der Waals surface area contributed by atoms with Crippen molar-refractivity contribution in [2.24, 2.45) is 17.8 Å². The summed E-state index contributed by atoms with van der Waals surface area (Å²) in [7, 11) is 0. The third kappa shape index (κ3) is 2.73. The van der Waals surface area contributed by atoms with Crippen LogP contribution in [-0.4, -0.2) is 19.0 Å². The van der Waals surface area contributed by atoms with E-state index in [1.807, 2.05) is 12.1 Å². The predicted molar refractivity (Wildman–Crippen MR) is 90.1 cm³/mol. The van der Waals surface area contributed by atoms with Gasteiger partial charge in [-0.25, -0.2) is 0 Å². The van der Waals surface area contributed by atoms with Crippen LogP contribution in [0.2, 0.25) is 0 Å². The van der Waals surface area contributed by atoms with Gasteiger partial charge in [-0.2, -0.15) is 0 Å². The van der Waals surface area contributed by atoms with Crippen LogP contribution in [0.1, 0.15) is 44.9 Å². The first-order chi connectivity index (χ1) is 10.8. The van der Waals surface area contributed by atoms with Gasteiger partial charge in [-0.3, -0.25) is 4.79 Å². The average molecular weight is 298 g/mol. The number of nitrogens with zero attached hydrogens (tertiary/aromatic N) is 1. The number of carbonyl (C=O) groups is 1. The van der Waals surface area contributed by atoms with Crippen LogP contribution in [0, 0.1) is 17.8 Å². The molecule has 1 amide bonds. The van der Waals surface area contributed by atoms with Crippen molar-refractivity contribution in [1.29, 1.82) is 0 Å². The van der Waals surface area contributed by atoms with Crippen LogP contribution >= 0.6 is 0 Å². The lowest BCUT2D eigenvalue weighted by atomic mass is 9.86. The Bertz CT molecular complexity index is 550. The maximum atomic E-state index is 12.5. The Morgan fingerprint density at radius 1 is 1.14 bits per heavy atom. The topological polar surface area (TPSA) is 32.3 Å². The minimum absolute atomic E-state index is 0.212. The number of nitrogens with one attached hydrogen (secondary N) is 1. The molecule has 1 heterocycles. The Hall–Kier alpha value is -1.51. The molecular formula is C19H26N2O. The van der Waals surface area contributed by atoms with Gasteiger partial charge < -0.3 is 10.2 Å². The molecule has 1 aromatic rings. The summed E-state index contributed by atoms with van der Waals surface area (Å²) < 4.78 is 0. The first-order valence-electron chi connectivity index (χ1n) is 8.93. The molecule has 0 spiro atoms. The Morgan fingerprint density at radius 2 is 1.95 bits per heavy atom. The van der Waals surface area contributed by atoms with Crippen molar-refractivity contribution < 1.29 is 4.79 Å². The van der Waals surface area contributed by atoms with E-state index >= 15 is 0 Å². The molecule has 118 valence electrons. The predicted octanol–water partition coefficient (Wildman–Crippen LogP) is 4.05. The number of amides is 1. The monoisotopic (exact) mass is 298 g/mol. The van der Waals surface area contributed by atoms with Crippen molar-refractivity contribution in [1.82, 2.24) is 0 Å². The Balaban J connectivity index is 1.41. The molecule has 1 aromatic carbocycles. The molecule has 1 N–H and O–H groups in total.